The molecule has 6 heteroatoms. The molecule has 15 heavy (non-hydrogen) atoms. The van der Waals surface area contributed by atoms with Crippen LogP contribution in [0.2, 0.25) is 5.02 Å². The highest BCUT2D eigenvalue weighted by Crippen LogP contribution is 2.18. The normalized spacial score (nSPS) is 10.5. The Morgan fingerprint density at radius 2 is 2.07 bits per heavy atom. The van der Waals surface area contributed by atoms with Crippen LogP contribution >= 0.6 is 11.6 Å². The number of halogens is 1. The monoisotopic (exact) mass is 225 g/mol. The summed E-state index contributed by atoms with van der Waals surface area (Å²) in [5.41, 5.74) is 0.825. The Bertz CT molecular complexity index is 441. The van der Waals surface area contributed by atoms with Crippen LogP contribution in [0, 0.1) is 0 Å². The zero-order valence-corrected chi connectivity index (χ0v) is 8.44. The molecule has 0 aliphatic carbocycles. The van der Waals surface area contributed by atoms with Gasteiger partial charge in [-0.3, -0.25) is 4.84 Å². The zero-order chi connectivity index (χ0) is 10.7. The number of hydrogen-bond donors (Lipinski definition) is 1. The lowest BCUT2D eigenvalue weighted by atomic mass is 10.2. The van der Waals surface area contributed by atoms with Crippen LogP contribution in [0.4, 0.5) is 0 Å². The molecule has 1 aromatic heterocycles. The average molecular weight is 226 g/mol. The smallest absolute Gasteiger partial charge is 0.255 e. The van der Waals surface area contributed by atoms with Crippen molar-refractivity contribution in [2.45, 2.75) is 6.61 Å². The topological polar surface area (TPSA) is 74.2 Å². The molecule has 0 saturated carbocycles. The van der Waals surface area contributed by atoms with E-state index in [1.54, 1.807) is 24.3 Å². The first-order valence-electron chi connectivity index (χ1n) is 4.20. The van der Waals surface area contributed by atoms with Crippen molar-refractivity contribution in [1.82, 2.24) is 10.1 Å². The van der Waals surface area contributed by atoms with Gasteiger partial charge in [-0.1, -0.05) is 16.8 Å². The Hall–Kier alpha value is -1.43. The quantitative estimate of drug-likeness (QED) is 0.806. The summed E-state index contributed by atoms with van der Waals surface area (Å²) in [6.45, 7) is 0.0978. The first-order valence-corrected chi connectivity index (χ1v) is 4.57. The minimum atomic E-state index is 0.0978. The molecule has 2 N–H and O–H groups in total. The van der Waals surface area contributed by atoms with Gasteiger partial charge in [-0.2, -0.15) is 4.98 Å². The van der Waals surface area contributed by atoms with E-state index in [0.717, 1.165) is 5.56 Å². The first kappa shape index (κ1) is 10.1. The molecule has 0 fully saturated rings. The lowest BCUT2D eigenvalue weighted by Gasteiger charge is -1.93. The summed E-state index contributed by atoms with van der Waals surface area (Å²) in [4.78, 5) is 8.45. The molecule has 0 radical (unpaired) electrons. The maximum atomic E-state index is 5.75. The van der Waals surface area contributed by atoms with Crippen molar-refractivity contribution >= 4 is 11.6 Å². The summed E-state index contributed by atoms with van der Waals surface area (Å²) in [5.74, 6) is 5.70. The van der Waals surface area contributed by atoms with Crippen molar-refractivity contribution in [3.8, 4) is 11.4 Å². The van der Waals surface area contributed by atoms with E-state index in [9.17, 15) is 0 Å². The molecule has 1 heterocycles. The first-order chi connectivity index (χ1) is 7.29. The summed E-state index contributed by atoms with van der Waals surface area (Å²) < 4.78 is 4.89. The van der Waals surface area contributed by atoms with Crippen molar-refractivity contribution < 1.29 is 9.36 Å². The summed E-state index contributed by atoms with van der Waals surface area (Å²) in [6, 6.07) is 7.12. The van der Waals surface area contributed by atoms with Gasteiger partial charge in [0.2, 0.25) is 5.82 Å². The van der Waals surface area contributed by atoms with Crippen LogP contribution < -0.4 is 5.90 Å². The third-order valence-electron chi connectivity index (χ3n) is 1.78. The molecule has 0 saturated heterocycles. The Labute approximate surface area is 90.7 Å². The summed E-state index contributed by atoms with van der Waals surface area (Å²) in [6.07, 6.45) is 0. The minimum absolute atomic E-state index is 0.0978. The largest absolute Gasteiger partial charge is 0.336 e. The van der Waals surface area contributed by atoms with Gasteiger partial charge in [-0.05, 0) is 24.3 Å². The second-order valence-electron chi connectivity index (χ2n) is 2.83. The molecule has 0 bridgehead atoms. The fraction of sp³-hybridized carbons (Fsp3) is 0.111. The number of hydrogen-bond acceptors (Lipinski definition) is 5. The van der Waals surface area contributed by atoms with E-state index in [4.69, 9.17) is 22.0 Å². The zero-order valence-electron chi connectivity index (χ0n) is 7.68. The van der Waals surface area contributed by atoms with E-state index in [2.05, 4.69) is 15.0 Å². The molecule has 0 unspecified atom stereocenters. The van der Waals surface area contributed by atoms with Crippen LogP contribution in [-0.4, -0.2) is 10.1 Å². The van der Waals surface area contributed by atoms with Crippen LogP contribution in [0.5, 0.6) is 0 Å². The van der Waals surface area contributed by atoms with Gasteiger partial charge in [0.1, 0.15) is 6.61 Å². The van der Waals surface area contributed by atoms with Gasteiger partial charge in [0, 0.05) is 10.6 Å². The molecule has 0 spiro atoms. The number of nitrogens with zero attached hydrogens (tertiary/aromatic N) is 2. The maximum absolute atomic E-state index is 5.75. The number of rotatable bonds is 3. The third-order valence-corrected chi connectivity index (χ3v) is 2.03. The highest BCUT2D eigenvalue weighted by Gasteiger charge is 2.07. The second-order valence-corrected chi connectivity index (χ2v) is 3.27. The highest BCUT2D eigenvalue weighted by atomic mass is 35.5. The third kappa shape index (κ3) is 2.33. The van der Waals surface area contributed by atoms with Crippen molar-refractivity contribution in [1.29, 1.82) is 0 Å². The molecular formula is C9H8ClN3O2. The summed E-state index contributed by atoms with van der Waals surface area (Å²) in [5, 5.41) is 4.43. The van der Waals surface area contributed by atoms with Crippen molar-refractivity contribution in [3.05, 3.63) is 35.2 Å². The van der Waals surface area contributed by atoms with Crippen molar-refractivity contribution in [2.24, 2.45) is 5.90 Å². The van der Waals surface area contributed by atoms with Crippen LogP contribution in [-0.2, 0) is 11.4 Å². The van der Waals surface area contributed by atoms with Crippen LogP contribution in [0.3, 0.4) is 0 Å². The van der Waals surface area contributed by atoms with E-state index in [1.165, 1.54) is 0 Å². The van der Waals surface area contributed by atoms with Crippen molar-refractivity contribution in [2.75, 3.05) is 0 Å². The van der Waals surface area contributed by atoms with E-state index < -0.39 is 0 Å². The van der Waals surface area contributed by atoms with Gasteiger partial charge in [-0.15, -0.1) is 0 Å². The molecule has 2 aromatic rings. The predicted molar refractivity (Wildman–Crippen MR) is 53.7 cm³/mol. The van der Waals surface area contributed by atoms with Crippen molar-refractivity contribution in [3.63, 3.8) is 0 Å². The second kappa shape index (κ2) is 4.39. The SMILES string of the molecule is NOCc1nc(-c2ccc(Cl)cc2)no1. The maximum Gasteiger partial charge on any atom is 0.255 e. The lowest BCUT2D eigenvalue weighted by molar-refractivity contribution is 0.0996. The Balaban J connectivity index is 2.25. The standard InChI is InChI=1S/C9H8ClN3O2/c10-7-3-1-6(2-4-7)9-12-8(5-14-11)15-13-9/h1-4H,5,11H2. The average Bonchev–Trinajstić information content (AvgIpc) is 2.68. The highest BCUT2D eigenvalue weighted by molar-refractivity contribution is 6.30. The molecule has 2 rings (SSSR count). The lowest BCUT2D eigenvalue weighted by Crippen LogP contribution is -1.98. The molecule has 0 aliphatic heterocycles. The van der Waals surface area contributed by atoms with Crippen LogP contribution in [0.25, 0.3) is 11.4 Å². The fourth-order valence-corrected chi connectivity index (χ4v) is 1.23. The molecule has 5 nitrogen and oxygen atoms in total. The van der Waals surface area contributed by atoms with Gasteiger partial charge in [0.05, 0.1) is 0 Å². The van der Waals surface area contributed by atoms with Gasteiger partial charge in [-0.25, -0.2) is 5.90 Å². The molecule has 0 amide bonds. The molecule has 0 aliphatic rings. The van der Waals surface area contributed by atoms with Gasteiger partial charge >= 0.3 is 0 Å². The van der Waals surface area contributed by atoms with E-state index in [-0.39, 0.29) is 6.61 Å². The Morgan fingerprint density at radius 3 is 2.73 bits per heavy atom. The van der Waals surface area contributed by atoms with E-state index in [1.807, 2.05) is 0 Å². The molecular weight excluding hydrogens is 218 g/mol. The van der Waals surface area contributed by atoms with Gasteiger partial charge < -0.3 is 4.52 Å². The predicted octanol–water partition coefficient (Wildman–Crippen LogP) is 1.78. The van der Waals surface area contributed by atoms with Crippen LogP contribution in [0.15, 0.2) is 28.8 Å². The number of aromatic nitrogens is 2. The van der Waals surface area contributed by atoms with Gasteiger partial charge in [0.25, 0.3) is 5.89 Å². The van der Waals surface area contributed by atoms with E-state index in [0.29, 0.717) is 16.7 Å². The van der Waals surface area contributed by atoms with Gasteiger partial charge in [0.15, 0.2) is 0 Å². The number of benzene rings is 1. The van der Waals surface area contributed by atoms with Crippen LogP contribution in [0.1, 0.15) is 5.89 Å². The minimum Gasteiger partial charge on any atom is -0.336 e. The molecule has 0 atom stereocenters. The molecule has 78 valence electrons. The van der Waals surface area contributed by atoms with E-state index >= 15 is 0 Å². The molecule has 1 aromatic carbocycles. The Morgan fingerprint density at radius 1 is 1.33 bits per heavy atom. The number of nitrogens with two attached hydrogens (primary N) is 1. The summed E-state index contributed by atoms with van der Waals surface area (Å²) >= 11 is 5.75. The Kier molecular flexibility index (Phi) is 2.96. The fourth-order valence-electron chi connectivity index (χ4n) is 1.10. The summed E-state index contributed by atoms with van der Waals surface area (Å²) in [7, 11) is 0.